The maximum Gasteiger partial charge on any atom is 0.296 e. The predicted molar refractivity (Wildman–Crippen MR) is 174 cm³/mol. The van der Waals surface area contributed by atoms with Crippen molar-refractivity contribution < 1.29 is 51.9 Å². The van der Waals surface area contributed by atoms with Crippen molar-refractivity contribution in [2.24, 2.45) is 0 Å². The van der Waals surface area contributed by atoms with E-state index in [1.54, 1.807) is 0 Å². The summed E-state index contributed by atoms with van der Waals surface area (Å²) in [4.78, 5) is 24.6. The van der Waals surface area contributed by atoms with Gasteiger partial charge in [0.2, 0.25) is 0 Å². The monoisotopic (exact) mass is 732 g/mol. The smallest absolute Gasteiger partial charge is 0.296 e. The van der Waals surface area contributed by atoms with Gasteiger partial charge < -0.3 is 11.5 Å². The van der Waals surface area contributed by atoms with E-state index in [0.29, 0.717) is 0 Å². The molecule has 0 aliphatic rings. The molecule has 0 aliphatic carbocycles. The molecule has 0 spiro atoms. The topological polar surface area (TPSA) is 304 Å². The maximum absolute atomic E-state index is 14.1. The Hall–Kier alpha value is -4.80. The third-order valence-electron chi connectivity index (χ3n) is 8.31. The lowest BCUT2D eigenvalue weighted by molar-refractivity contribution is 0.481. The lowest BCUT2D eigenvalue weighted by Gasteiger charge is -2.21. The van der Waals surface area contributed by atoms with Gasteiger partial charge in [0, 0.05) is 21.5 Å². The zero-order valence-corrected chi connectivity index (χ0v) is 26.5. The van der Waals surface area contributed by atoms with Crippen LogP contribution in [0.2, 0.25) is 0 Å². The molecule has 0 saturated heterocycles. The predicted octanol–water partition coefficient (Wildman–Crippen LogP) is 2.35. The fourth-order valence-corrected chi connectivity index (χ4v) is 8.73. The Labute approximate surface area is 267 Å². The van der Waals surface area contributed by atoms with Gasteiger partial charge >= 0.3 is 0 Å². The van der Waals surface area contributed by atoms with Gasteiger partial charge in [0.05, 0.1) is 31.9 Å². The molecule has 0 amide bonds. The number of hydrogen-bond acceptors (Lipinski definition) is 12. The first kappa shape index (κ1) is 31.8. The summed E-state index contributed by atoms with van der Waals surface area (Å²) in [5.74, 6) is 0. The molecule has 0 aromatic heterocycles. The highest BCUT2D eigenvalue weighted by molar-refractivity contribution is 7.86. The summed E-state index contributed by atoms with van der Waals surface area (Å²) >= 11 is 0. The van der Waals surface area contributed by atoms with E-state index in [9.17, 15) is 61.5 Å². The van der Waals surface area contributed by atoms with Gasteiger partial charge in [-0.15, -0.1) is 0 Å². The Balaban J connectivity index is 2.01. The zero-order chi connectivity index (χ0) is 35.2. The van der Waals surface area contributed by atoms with Gasteiger partial charge in [-0.3, -0.25) is 27.8 Å². The first-order valence-electron chi connectivity index (χ1n) is 13.0. The first-order chi connectivity index (χ1) is 22.0. The molecule has 16 nitrogen and oxygen atoms in total. The summed E-state index contributed by atoms with van der Waals surface area (Å²) in [5.41, 5.74) is 8.59. The lowest BCUT2D eigenvalue weighted by atomic mass is 9.84. The van der Waals surface area contributed by atoms with Crippen LogP contribution in [0, 0.1) is 0 Å². The fraction of sp³-hybridized carbons (Fsp3) is 0. The number of fused-ring (bicyclic) bond motifs is 6. The average Bonchev–Trinajstić information content (AvgIpc) is 2.96. The van der Waals surface area contributed by atoms with Crippen LogP contribution in [-0.2, 0) is 40.5 Å². The van der Waals surface area contributed by atoms with E-state index < -0.39 is 104 Å². The molecule has 0 atom stereocenters. The molecule has 7 aromatic rings. The minimum atomic E-state index is -5.24. The molecule has 20 heteroatoms. The summed E-state index contributed by atoms with van der Waals surface area (Å²) in [6, 6.07) is 7.33. The van der Waals surface area contributed by atoms with Crippen LogP contribution in [0.1, 0.15) is 0 Å². The van der Waals surface area contributed by atoms with E-state index >= 15 is 0 Å². The van der Waals surface area contributed by atoms with Crippen LogP contribution in [0.4, 0.5) is 11.4 Å². The Bertz CT molecular complexity index is 3050. The van der Waals surface area contributed by atoms with Crippen molar-refractivity contribution in [3.63, 3.8) is 0 Å². The van der Waals surface area contributed by atoms with E-state index in [0.717, 1.165) is 48.5 Å². The summed E-state index contributed by atoms with van der Waals surface area (Å²) in [7, 11) is -20.3. The summed E-state index contributed by atoms with van der Waals surface area (Å²) in [6.07, 6.45) is 0. The standard InChI is InChI=1S/C28H16N2O14S4/c29-25-17(47(39,40)41)7-13-14-8-18(48(42,43)44)26(30)24-22(14)20(12-4-2-10(46(36,37)38)6-16(12)28(24)32)19-11-3-1-9(45(33,34)35)5-15(11)27(31)23(25)21(13)19/h1-8H,29-30H2,(H,33,34,35)(H,36,37,38)(H,39,40,41)(H,42,43,44). The second-order valence-corrected chi connectivity index (χ2v) is 16.5. The number of rotatable bonds is 4. The van der Waals surface area contributed by atoms with Crippen LogP contribution in [0.3, 0.4) is 0 Å². The number of benzene rings is 7. The van der Waals surface area contributed by atoms with Crippen LogP contribution < -0.4 is 22.3 Å². The SMILES string of the molecule is Nc1c(S(=O)(=O)O)cc2c3cc(S(=O)(=O)O)c(N)c4c(=O)c5cc(S(=O)(=O)O)ccc5c(c43)c3c4ccc(S(=O)(=O)O)cc4c(=O)c1c23. The second-order valence-electron chi connectivity index (χ2n) is 10.9. The van der Waals surface area contributed by atoms with Gasteiger partial charge in [0.15, 0.2) is 10.9 Å². The third kappa shape index (κ3) is 4.25. The van der Waals surface area contributed by atoms with E-state index in [4.69, 9.17) is 11.5 Å². The minimum Gasteiger partial charge on any atom is -0.397 e. The quantitative estimate of drug-likeness (QED) is 0.0655. The Kier molecular flexibility index (Phi) is 6.24. The molecule has 0 saturated carbocycles. The summed E-state index contributed by atoms with van der Waals surface area (Å²) in [6.45, 7) is 0. The van der Waals surface area contributed by atoms with Gasteiger partial charge in [0.1, 0.15) is 9.79 Å². The van der Waals surface area contributed by atoms with Crippen molar-refractivity contribution in [3.05, 3.63) is 69.0 Å². The first-order valence-corrected chi connectivity index (χ1v) is 18.8. The molecule has 0 heterocycles. The summed E-state index contributed by atoms with van der Waals surface area (Å²) in [5, 5.41) is -3.14. The van der Waals surface area contributed by atoms with Crippen LogP contribution in [-0.4, -0.2) is 51.9 Å². The average molecular weight is 733 g/mol. The van der Waals surface area contributed by atoms with Crippen molar-refractivity contribution in [1.82, 2.24) is 0 Å². The highest BCUT2D eigenvalue weighted by atomic mass is 32.2. The minimum absolute atomic E-state index is 0.0220. The van der Waals surface area contributed by atoms with Crippen LogP contribution in [0.25, 0.3) is 64.6 Å². The number of hydrogen-bond donors (Lipinski definition) is 6. The third-order valence-corrected chi connectivity index (χ3v) is 11.8. The molecular formula is C28H16N2O14S4. The van der Waals surface area contributed by atoms with E-state index in [2.05, 4.69) is 0 Å². The molecule has 246 valence electrons. The lowest BCUT2D eigenvalue weighted by Crippen LogP contribution is -2.14. The van der Waals surface area contributed by atoms with E-state index in [1.807, 2.05) is 0 Å². The Morgan fingerprint density at radius 2 is 0.708 bits per heavy atom. The van der Waals surface area contributed by atoms with Gasteiger partial charge in [-0.05, 0) is 68.7 Å². The summed E-state index contributed by atoms with van der Waals surface area (Å²) < 4.78 is 138. The highest BCUT2D eigenvalue weighted by Gasteiger charge is 2.30. The van der Waals surface area contributed by atoms with Gasteiger partial charge in [-0.25, -0.2) is 0 Å². The highest BCUT2D eigenvalue weighted by Crippen LogP contribution is 2.48. The maximum atomic E-state index is 14.1. The Morgan fingerprint density at radius 3 is 1.00 bits per heavy atom. The fourth-order valence-electron chi connectivity index (χ4n) is 6.43. The molecule has 7 aromatic carbocycles. The van der Waals surface area contributed by atoms with Crippen molar-refractivity contribution in [2.75, 3.05) is 11.5 Å². The van der Waals surface area contributed by atoms with Crippen molar-refractivity contribution in [1.29, 1.82) is 0 Å². The zero-order valence-electron chi connectivity index (χ0n) is 23.3. The number of nitrogen functional groups attached to an aromatic ring is 2. The molecular weight excluding hydrogens is 717 g/mol. The molecule has 0 fully saturated rings. The van der Waals surface area contributed by atoms with Crippen LogP contribution in [0.5, 0.6) is 0 Å². The molecule has 0 aliphatic heterocycles. The van der Waals surface area contributed by atoms with Crippen LogP contribution >= 0.6 is 0 Å². The number of nitrogens with two attached hydrogens (primary N) is 2. The Morgan fingerprint density at radius 1 is 0.396 bits per heavy atom. The van der Waals surface area contributed by atoms with Crippen LogP contribution in [0.15, 0.2) is 77.7 Å². The largest absolute Gasteiger partial charge is 0.397 e. The second kappa shape index (κ2) is 9.42. The van der Waals surface area contributed by atoms with Crippen molar-refractivity contribution in [3.8, 4) is 0 Å². The molecule has 0 unspecified atom stereocenters. The van der Waals surface area contributed by atoms with Crippen molar-refractivity contribution >= 4 is 116 Å². The van der Waals surface area contributed by atoms with Gasteiger partial charge in [-0.1, -0.05) is 12.1 Å². The van der Waals surface area contributed by atoms with E-state index in [-0.39, 0.29) is 43.1 Å². The number of anilines is 2. The molecule has 48 heavy (non-hydrogen) atoms. The van der Waals surface area contributed by atoms with Gasteiger partial charge in [-0.2, -0.15) is 33.7 Å². The van der Waals surface area contributed by atoms with Gasteiger partial charge in [0.25, 0.3) is 40.5 Å². The molecule has 0 radical (unpaired) electrons. The molecule has 8 N–H and O–H groups in total. The molecule has 7 rings (SSSR count). The van der Waals surface area contributed by atoms with E-state index in [1.165, 1.54) is 0 Å². The normalized spacial score (nSPS) is 13.6. The van der Waals surface area contributed by atoms with Crippen molar-refractivity contribution in [2.45, 2.75) is 19.6 Å². The molecule has 0 bridgehead atoms.